The highest BCUT2D eigenvalue weighted by Crippen LogP contribution is 2.44. The summed E-state index contributed by atoms with van der Waals surface area (Å²) in [4.78, 5) is 10.8. The van der Waals surface area contributed by atoms with Gasteiger partial charge in [0.25, 0.3) is 0 Å². The van der Waals surface area contributed by atoms with Crippen molar-refractivity contribution in [2.75, 3.05) is 0 Å². The van der Waals surface area contributed by atoms with Crippen LogP contribution in [0.5, 0.6) is 0 Å². The van der Waals surface area contributed by atoms with Gasteiger partial charge in [-0.1, -0.05) is 127 Å². The van der Waals surface area contributed by atoms with Crippen molar-refractivity contribution in [3.05, 3.63) is 164 Å². The average molecular weight is 710 g/mol. The summed E-state index contributed by atoms with van der Waals surface area (Å²) in [5, 5.41) is 11.1. The summed E-state index contributed by atoms with van der Waals surface area (Å²) < 4.78 is 7.24. The number of nitrogens with zero attached hydrogens (tertiary/aromatic N) is 3. The molecule has 0 saturated heterocycles. The van der Waals surface area contributed by atoms with E-state index in [9.17, 15) is 0 Å². The first-order valence-electron chi connectivity index (χ1n) is 17.8. The van der Waals surface area contributed by atoms with E-state index in [4.69, 9.17) is 9.97 Å². The van der Waals surface area contributed by atoms with Gasteiger partial charge < -0.3 is 4.57 Å². The molecule has 0 saturated carbocycles. The number of thiophene rings is 2. The summed E-state index contributed by atoms with van der Waals surface area (Å²) in [5.41, 5.74) is 7.79. The van der Waals surface area contributed by atoms with Crippen LogP contribution in [0.2, 0.25) is 0 Å². The smallest absolute Gasteiger partial charge is 0.161 e. The van der Waals surface area contributed by atoms with Gasteiger partial charge in [-0.25, -0.2) is 9.97 Å². The molecule has 0 aliphatic rings. The van der Waals surface area contributed by atoms with Crippen LogP contribution < -0.4 is 0 Å². The Balaban J connectivity index is 1.10. The van der Waals surface area contributed by atoms with Crippen molar-refractivity contribution in [3.63, 3.8) is 0 Å². The molecule has 4 heterocycles. The minimum absolute atomic E-state index is 0.760. The number of hydrogen-bond donors (Lipinski definition) is 0. The molecule has 0 spiro atoms. The predicted molar refractivity (Wildman–Crippen MR) is 228 cm³/mol. The van der Waals surface area contributed by atoms with E-state index in [-0.39, 0.29) is 0 Å². The van der Waals surface area contributed by atoms with Crippen molar-refractivity contribution in [1.29, 1.82) is 0 Å². The van der Waals surface area contributed by atoms with Gasteiger partial charge >= 0.3 is 0 Å². The van der Waals surface area contributed by atoms with Crippen molar-refractivity contribution < 1.29 is 0 Å². The van der Waals surface area contributed by atoms with Gasteiger partial charge in [-0.3, -0.25) is 0 Å². The second-order valence-corrected chi connectivity index (χ2v) is 15.8. The quantitative estimate of drug-likeness (QED) is 0.183. The molecule has 246 valence electrons. The third-order valence-electron chi connectivity index (χ3n) is 10.8. The second-order valence-electron chi connectivity index (χ2n) is 13.7. The average Bonchev–Trinajstić information content (AvgIpc) is 3.90. The summed E-state index contributed by atoms with van der Waals surface area (Å²) in [6.07, 6.45) is 0. The van der Waals surface area contributed by atoms with Crippen molar-refractivity contribution in [2.24, 2.45) is 0 Å². The van der Waals surface area contributed by atoms with Gasteiger partial charge in [0.1, 0.15) is 0 Å². The van der Waals surface area contributed by atoms with E-state index in [0.717, 1.165) is 38.5 Å². The highest BCUT2D eigenvalue weighted by atomic mass is 32.1. The standard InChI is InChI=1S/C48H27N3S2/c1-2-12-30-26-31(21-20-28(30)10-1)43-47-44(38-15-6-8-19-41(38)52-47)50-48(49-43)39-17-9-16-37-35-25-23-32(27-42(35)53-46(37)39)51-40-18-7-5-14-34(40)36-24-22-29-11-3-4-13-33(29)45(36)51/h1-27H. The Morgan fingerprint density at radius 1 is 0.434 bits per heavy atom. The normalized spacial score (nSPS) is 12.2. The van der Waals surface area contributed by atoms with Crippen LogP contribution in [-0.2, 0) is 0 Å². The minimum Gasteiger partial charge on any atom is -0.309 e. The van der Waals surface area contributed by atoms with Crippen molar-refractivity contribution in [2.45, 2.75) is 0 Å². The number of rotatable bonds is 3. The fourth-order valence-electron chi connectivity index (χ4n) is 8.34. The predicted octanol–water partition coefficient (Wildman–Crippen LogP) is 13.9. The van der Waals surface area contributed by atoms with Gasteiger partial charge in [0.2, 0.25) is 0 Å². The van der Waals surface area contributed by atoms with Crippen LogP contribution in [0.1, 0.15) is 0 Å². The first kappa shape index (κ1) is 29.2. The molecule has 12 rings (SSSR count). The molecule has 0 unspecified atom stereocenters. The molecule has 0 N–H and O–H groups in total. The first-order chi connectivity index (χ1) is 26.3. The lowest BCUT2D eigenvalue weighted by Gasteiger charge is -2.10. The van der Waals surface area contributed by atoms with Crippen LogP contribution in [0.15, 0.2) is 164 Å². The van der Waals surface area contributed by atoms with E-state index in [1.165, 1.54) is 73.6 Å². The van der Waals surface area contributed by atoms with Gasteiger partial charge in [0.05, 0.1) is 26.9 Å². The number of benzene rings is 8. The fraction of sp³-hybridized carbons (Fsp3) is 0. The maximum Gasteiger partial charge on any atom is 0.161 e. The number of fused-ring (bicyclic) bond motifs is 12. The van der Waals surface area contributed by atoms with E-state index in [1.54, 1.807) is 11.3 Å². The number of aromatic nitrogens is 3. The molecule has 0 atom stereocenters. The monoisotopic (exact) mass is 709 g/mol. The SMILES string of the molecule is c1ccc2cc(-c3nc(-c4cccc5c4sc4cc(-n6c7ccccc7c7ccc8ccccc8c76)ccc45)nc4c3sc3ccccc34)ccc2c1. The maximum atomic E-state index is 5.42. The van der Waals surface area contributed by atoms with Crippen molar-refractivity contribution in [1.82, 2.24) is 14.5 Å². The van der Waals surface area contributed by atoms with Crippen LogP contribution in [0.25, 0.3) is 112 Å². The molecule has 0 fully saturated rings. The third-order valence-corrected chi connectivity index (χ3v) is 13.2. The second kappa shape index (κ2) is 11.1. The largest absolute Gasteiger partial charge is 0.309 e. The van der Waals surface area contributed by atoms with Crippen LogP contribution in [0.4, 0.5) is 0 Å². The van der Waals surface area contributed by atoms with E-state index >= 15 is 0 Å². The third kappa shape index (κ3) is 4.26. The Morgan fingerprint density at radius 2 is 1.15 bits per heavy atom. The molecule has 5 heteroatoms. The van der Waals surface area contributed by atoms with E-state index in [1.807, 2.05) is 11.3 Å². The summed E-state index contributed by atoms with van der Waals surface area (Å²) in [6.45, 7) is 0. The van der Waals surface area contributed by atoms with Gasteiger partial charge in [0.15, 0.2) is 5.82 Å². The molecule has 8 aromatic carbocycles. The number of hydrogen-bond acceptors (Lipinski definition) is 4. The van der Waals surface area contributed by atoms with E-state index < -0.39 is 0 Å². The lowest BCUT2D eigenvalue weighted by atomic mass is 10.0. The summed E-state index contributed by atoms with van der Waals surface area (Å²) >= 11 is 3.61. The van der Waals surface area contributed by atoms with Crippen LogP contribution in [0.3, 0.4) is 0 Å². The fourth-order valence-corrected chi connectivity index (χ4v) is 10.7. The van der Waals surface area contributed by atoms with Crippen molar-refractivity contribution in [3.8, 4) is 28.3 Å². The van der Waals surface area contributed by atoms with Crippen LogP contribution in [-0.4, -0.2) is 14.5 Å². The zero-order valence-corrected chi connectivity index (χ0v) is 29.9. The molecule has 53 heavy (non-hydrogen) atoms. The Labute approximate surface area is 311 Å². The van der Waals surface area contributed by atoms with Gasteiger partial charge in [-0.2, -0.15) is 0 Å². The molecule has 0 bridgehead atoms. The highest BCUT2D eigenvalue weighted by molar-refractivity contribution is 7.26. The zero-order chi connectivity index (χ0) is 34.6. The van der Waals surface area contributed by atoms with E-state index in [2.05, 4.69) is 168 Å². The zero-order valence-electron chi connectivity index (χ0n) is 28.2. The molecule has 12 aromatic rings. The topological polar surface area (TPSA) is 30.7 Å². The summed E-state index contributed by atoms with van der Waals surface area (Å²) in [5.74, 6) is 0.760. The minimum atomic E-state index is 0.760. The van der Waals surface area contributed by atoms with E-state index in [0.29, 0.717) is 0 Å². The lowest BCUT2D eigenvalue weighted by molar-refractivity contribution is 1.19. The van der Waals surface area contributed by atoms with Crippen LogP contribution in [0, 0.1) is 0 Å². The summed E-state index contributed by atoms with van der Waals surface area (Å²) in [6, 6.07) is 59.4. The van der Waals surface area contributed by atoms with Gasteiger partial charge in [-0.05, 0) is 52.6 Å². The lowest BCUT2D eigenvalue weighted by Crippen LogP contribution is -1.94. The molecule has 0 amide bonds. The molecular weight excluding hydrogens is 683 g/mol. The van der Waals surface area contributed by atoms with Gasteiger partial charge in [-0.15, -0.1) is 22.7 Å². The molecular formula is C48H27N3S2. The highest BCUT2D eigenvalue weighted by Gasteiger charge is 2.20. The first-order valence-corrected chi connectivity index (χ1v) is 19.5. The Bertz CT molecular complexity index is 3480. The molecule has 3 nitrogen and oxygen atoms in total. The Morgan fingerprint density at radius 3 is 2.08 bits per heavy atom. The Kier molecular flexibility index (Phi) is 6.09. The molecule has 4 aromatic heterocycles. The Hall–Kier alpha value is -6.40. The van der Waals surface area contributed by atoms with Crippen molar-refractivity contribution >= 4 is 106 Å². The number of para-hydroxylation sites is 1. The van der Waals surface area contributed by atoms with Crippen LogP contribution >= 0.6 is 22.7 Å². The molecule has 0 radical (unpaired) electrons. The summed E-state index contributed by atoms with van der Waals surface area (Å²) in [7, 11) is 0. The molecule has 0 aliphatic carbocycles. The van der Waals surface area contributed by atoms with Gasteiger partial charge in [0, 0.05) is 63.2 Å². The maximum absolute atomic E-state index is 5.42. The molecule has 0 aliphatic heterocycles.